The molecule has 3 rings (SSSR count). The number of amides is 2. The van der Waals surface area contributed by atoms with Crippen molar-refractivity contribution in [2.24, 2.45) is 0 Å². The van der Waals surface area contributed by atoms with E-state index >= 15 is 0 Å². The number of carbonyl (C=O) groups excluding carboxylic acids is 2. The first kappa shape index (κ1) is 19.2. The molecule has 1 aromatic carbocycles. The molecule has 2 amide bonds. The van der Waals surface area contributed by atoms with Crippen molar-refractivity contribution >= 4 is 58.0 Å². The Balaban J connectivity index is 1.66. The lowest BCUT2D eigenvalue weighted by Crippen LogP contribution is -2.45. The zero-order valence-electron chi connectivity index (χ0n) is 14.6. The molecule has 0 radical (unpaired) electrons. The second-order valence-corrected chi connectivity index (χ2v) is 9.69. The van der Waals surface area contributed by atoms with Gasteiger partial charge in [0.2, 0.25) is 11.8 Å². The predicted molar refractivity (Wildman–Crippen MR) is 108 cm³/mol. The summed E-state index contributed by atoms with van der Waals surface area (Å²) in [6, 6.07) is 7.34. The Labute approximate surface area is 165 Å². The van der Waals surface area contributed by atoms with Crippen LogP contribution < -0.4 is 10.2 Å². The maximum atomic E-state index is 12.9. The number of unbranched alkanes of at least 4 members (excludes halogenated alkanes) is 1. The van der Waals surface area contributed by atoms with Crippen LogP contribution in [0.15, 0.2) is 32.9 Å². The van der Waals surface area contributed by atoms with Crippen molar-refractivity contribution in [1.82, 2.24) is 10.2 Å². The first-order valence-electron chi connectivity index (χ1n) is 8.41. The first-order chi connectivity index (χ1) is 12.6. The van der Waals surface area contributed by atoms with Crippen molar-refractivity contribution < 1.29 is 9.59 Å². The Hall–Kier alpha value is -1.58. The summed E-state index contributed by atoms with van der Waals surface area (Å²) in [4.78, 5) is 26.4. The number of para-hydroxylation sites is 2. The summed E-state index contributed by atoms with van der Waals surface area (Å²) >= 11 is 4.61. The van der Waals surface area contributed by atoms with Gasteiger partial charge >= 0.3 is 0 Å². The van der Waals surface area contributed by atoms with Crippen LogP contribution >= 0.6 is 34.9 Å². The van der Waals surface area contributed by atoms with Crippen LogP contribution in [-0.2, 0) is 9.59 Å². The number of carbonyl (C=O) groups is 2. The molecular weight excluding hydrogens is 388 g/mol. The van der Waals surface area contributed by atoms with Gasteiger partial charge in [-0.15, -0.1) is 10.2 Å². The maximum Gasteiger partial charge on any atom is 0.244 e. The van der Waals surface area contributed by atoms with Gasteiger partial charge in [-0.25, -0.2) is 0 Å². The van der Waals surface area contributed by atoms with Gasteiger partial charge in [-0.05, 0) is 25.5 Å². The fraction of sp³-hybridized carbons (Fsp3) is 0.412. The summed E-state index contributed by atoms with van der Waals surface area (Å²) in [5.41, 5.74) is 1.40. The van der Waals surface area contributed by atoms with E-state index in [1.807, 2.05) is 25.1 Å². The lowest BCUT2D eigenvalue weighted by Gasteiger charge is -2.30. The van der Waals surface area contributed by atoms with Gasteiger partial charge in [-0.2, -0.15) is 0 Å². The van der Waals surface area contributed by atoms with Crippen molar-refractivity contribution in [3.63, 3.8) is 0 Å². The van der Waals surface area contributed by atoms with Gasteiger partial charge in [-0.3, -0.25) is 14.5 Å². The average Bonchev–Trinajstić information content (AvgIpc) is 3.07. The Bertz CT molecular complexity index is 796. The van der Waals surface area contributed by atoms with E-state index in [1.54, 1.807) is 22.7 Å². The zero-order chi connectivity index (χ0) is 18.5. The molecule has 26 heavy (non-hydrogen) atoms. The molecule has 6 nitrogen and oxygen atoms in total. The number of aromatic nitrogens is 2. The molecule has 1 atom stereocenters. The van der Waals surface area contributed by atoms with Gasteiger partial charge in [0.15, 0.2) is 8.68 Å². The van der Waals surface area contributed by atoms with Crippen LogP contribution in [-0.4, -0.2) is 39.6 Å². The highest BCUT2D eigenvalue weighted by molar-refractivity contribution is 8.03. The highest BCUT2D eigenvalue weighted by Gasteiger charge is 2.30. The molecule has 1 aliphatic heterocycles. The first-order valence-corrected chi connectivity index (χ1v) is 11.1. The Morgan fingerprint density at radius 2 is 2.12 bits per heavy atom. The van der Waals surface area contributed by atoms with E-state index in [2.05, 4.69) is 22.4 Å². The van der Waals surface area contributed by atoms with Gasteiger partial charge in [0.1, 0.15) is 6.54 Å². The van der Waals surface area contributed by atoms with E-state index in [0.29, 0.717) is 5.69 Å². The Kier molecular flexibility index (Phi) is 6.55. The predicted octanol–water partition coefficient (Wildman–Crippen LogP) is 3.90. The molecule has 0 saturated heterocycles. The van der Waals surface area contributed by atoms with Crippen LogP contribution in [0.5, 0.6) is 0 Å². The van der Waals surface area contributed by atoms with Crippen molar-refractivity contribution in [2.45, 2.75) is 40.6 Å². The van der Waals surface area contributed by atoms with Crippen molar-refractivity contribution in [3.8, 4) is 0 Å². The summed E-state index contributed by atoms with van der Waals surface area (Å²) in [6.45, 7) is 4.04. The minimum atomic E-state index is -0.351. The van der Waals surface area contributed by atoms with E-state index in [0.717, 1.165) is 33.0 Å². The van der Waals surface area contributed by atoms with Crippen molar-refractivity contribution in [1.29, 1.82) is 0 Å². The molecule has 1 aliphatic rings. The summed E-state index contributed by atoms with van der Waals surface area (Å²) in [5, 5.41) is 10.8. The van der Waals surface area contributed by atoms with Gasteiger partial charge in [-0.1, -0.05) is 60.3 Å². The minimum Gasteiger partial charge on any atom is -0.323 e. The minimum absolute atomic E-state index is 0.0367. The normalized spacial score (nSPS) is 14.7. The van der Waals surface area contributed by atoms with Crippen LogP contribution in [0, 0.1) is 0 Å². The molecule has 0 saturated carbocycles. The highest BCUT2D eigenvalue weighted by atomic mass is 32.2. The lowest BCUT2D eigenvalue weighted by atomic mass is 10.2. The monoisotopic (exact) mass is 408 g/mol. The smallest absolute Gasteiger partial charge is 0.244 e. The number of fused-ring (bicyclic) bond motifs is 1. The van der Waals surface area contributed by atoms with Gasteiger partial charge < -0.3 is 5.32 Å². The number of benzene rings is 1. The molecule has 0 bridgehead atoms. The molecule has 1 N–H and O–H groups in total. The van der Waals surface area contributed by atoms with Gasteiger partial charge in [0.05, 0.1) is 16.6 Å². The van der Waals surface area contributed by atoms with Crippen LogP contribution in [0.3, 0.4) is 0 Å². The third-order valence-corrected chi connectivity index (χ3v) is 7.09. The number of nitrogens with one attached hydrogen (secondary N) is 1. The summed E-state index contributed by atoms with van der Waals surface area (Å²) in [5.74, 6) is 0.747. The fourth-order valence-corrected chi connectivity index (χ4v) is 5.84. The Morgan fingerprint density at radius 1 is 1.35 bits per heavy atom. The second-order valence-electron chi connectivity index (χ2n) is 5.79. The standard InChI is InChI=1S/C17H20N4O2S3/c1-3-4-9-24-16-19-20-17(26-16)25-11(2)15(23)21-10-14(22)18-12-7-5-6-8-13(12)21/h5-8,11H,3-4,9-10H2,1-2H3,(H,18,22)/t11-/m0/s1. The number of rotatable bonds is 7. The van der Waals surface area contributed by atoms with E-state index in [9.17, 15) is 9.59 Å². The summed E-state index contributed by atoms with van der Waals surface area (Å²) < 4.78 is 1.71. The molecule has 0 spiro atoms. The molecule has 2 heterocycles. The van der Waals surface area contributed by atoms with Gasteiger partial charge in [0.25, 0.3) is 0 Å². The van der Waals surface area contributed by atoms with E-state index in [1.165, 1.54) is 23.1 Å². The van der Waals surface area contributed by atoms with E-state index in [-0.39, 0.29) is 23.6 Å². The average molecular weight is 409 g/mol. The summed E-state index contributed by atoms with van der Waals surface area (Å²) in [6.07, 6.45) is 2.31. The molecule has 0 unspecified atom stereocenters. The third kappa shape index (κ3) is 4.57. The van der Waals surface area contributed by atoms with Crippen LogP contribution in [0.4, 0.5) is 11.4 Å². The Morgan fingerprint density at radius 3 is 2.92 bits per heavy atom. The lowest BCUT2D eigenvalue weighted by molar-refractivity contribution is -0.121. The van der Waals surface area contributed by atoms with Crippen LogP contribution in [0.1, 0.15) is 26.7 Å². The van der Waals surface area contributed by atoms with Crippen molar-refractivity contribution in [2.75, 3.05) is 22.5 Å². The fourth-order valence-electron chi connectivity index (χ4n) is 2.46. The van der Waals surface area contributed by atoms with E-state index < -0.39 is 0 Å². The quantitative estimate of drug-likeness (QED) is 0.553. The number of anilines is 2. The largest absolute Gasteiger partial charge is 0.323 e. The third-order valence-electron chi connectivity index (χ3n) is 3.77. The molecule has 1 aromatic heterocycles. The summed E-state index contributed by atoms with van der Waals surface area (Å²) in [7, 11) is 0. The molecule has 9 heteroatoms. The highest BCUT2D eigenvalue weighted by Crippen LogP contribution is 2.34. The van der Waals surface area contributed by atoms with E-state index in [4.69, 9.17) is 0 Å². The number of hydrogen-bond donors (Lipinski definition) is 1. The molecule has 138 valence electrons. The van der Waals surface area contributed by atoms with Crippen LogP contribution in [0.2, 0.25) is 0 Å². The molecule has 2 aromatic rings. The molecular formula is C17H20N4O2S3. The topological polar surface area (TPSA) is 75.2 Å². The number of hydrogen-bond acceptors (Lipinski definition) is 7. The second kappa shape index (κ2) is 8.88. The molecule has 0 aliphatic carbocycles. The van der Waals surface area contributed by atoms with Gasteiger partial charge in [0, 0.05) is 5.75 Å². The van der Waals surface area contributed by atoms with Crippen molar-refractivity contribution in [3.05, 3.63) is 24.3 Å². The number of thioether (sulfide) groups is 2. The maximum absolute atomic E-state index is 12.9. The SMILES string of the molecule is CCCCSc1nnc(S[C@@H](C)C(=O)N2CC(=O)Nc3ccccc32)s1. The zero-order valence-corrected chi connectivity index (χ0v) is 17.0. The molecule has 0 fully saturated rings. The van der Waals surface area contributed by atoms with Crippen LogP contribution in [0.25, 0.3) is 0 Å². The number of nitrogens with zero attached hydrogens (tertiary/aromatic N) is 3.